The van der Waals surface area contributed by atoms with E-state index in [1.165, 1.54) is 11.1 Å². The minimum atomic E-state index is -1.26. The average Bonchev–Trinajstić information content (AvgIpc) is 3.11. The minimum absolute atomic E-state index is 0.0801. The SMILES string of the molecule is CCOC1=CC2=C3CC[C@H]([C@@](C)(O)[C@H](O)CCC(C)(C)O)[C@@]3(C)CC[C@@H]2[C@@]2(C)C[C@H](O)[C@H](O)C[C@@H]12. The Hall–Kier alpha value is -0.920. The topological polar surface area (TPSA) is 110 Å². The fraction of sp³-hybridized carbons (Fsp3) is 0.862. The van der Waals surface area contributed by atoms with Crippen LogP contribution in [0.25, 0.3) is 0 Å². The lowest BCUT2D eigenvalue weighted by molar-refractivity contribution is -0.134. The van der Waals surface area contributed by atoms with Crippen molar-refractivity contribution < 1.29 is 30.3 Å². The number of hydrogen-bond donors (Lipinski definition) is 5. The van der Waals surface area contributed by atoms with E-state index in [0.717, 1.165) is 31.4 Å². The van der Waals surface area contributed by atoms with Gasteiger partial charge in [0.1, 0.15) is 0 Å². The molecule has 4 rings (SSSR count). The molecular weight excluding hydrogens is 444 g/mol. The summed E-state index contributed by atoms with van der Waals surface area (Å²) in [7, 11) is 0. The van der Waals surface area contributed by atoms with Gasteiger partial charge in [0.2, 0.25) is 0 Å². The summed E-state index contributed by atoms with van der Waals surface area (Å²) >= 11 is 0. The highest BCUT2D eigenvalue weighted by molar-refractivity contribution is 5.44. The van der Waals surface area contributed by atoms with Crippen LogP contribution in [0.5, 0.6) is 0 Å². The molecule has 0 bridgehead atoms. The molecule has 5 N–H and O–H groups in total. The molecule has 0 saturated heterocycles. The van der Waals surface area contributed by atoms with Gasteiger partial charge in [0.15, 0.2) is 0 Å². The minimum Gasteiger partial charge on any atom is -0.498 e. The maximum absolute atomic E-state index is 11.7. The quantitative estimate of drug-likeness (QED) is 0.369. The molecule has 0 unspecified atom stereocenters. The van der Waals surface area contributed by atoms with E-state index in [-0.39, 0.29) is 28.6 Å². The van der Waals surface area contributed by atoms with Crippen molar-refractivity contribution in [2.75, 3.05) is 6.61 Å². The second-order valence-corrected chi connectivity index (χ2v) is 13.2. The van der Waals surface area contributed by atoms with E-state index >= 15 is 0 Å². The van der Waals surface area contributed by atoms with Gasteiger partial charge in [0, 0.05) is 5.92 Å². The lowest BCUT2D eigenvalue weighted by Gasteiger charge is -2.56. The van der Waals surface area contributed by atoms with Crippen molar-refractivity contribution in [2.45, 2.75) is 122 Å². The molecule has 0 aromatic carbocycles. The van der Waals surface area contributed by atoms with Crippen LogP contribution in [-0.4, -0.2) is 61.7 Å². The zero-order valence-corrected chi connectivity index (χ0v) is 22.5. The van der Waals surface area contributed by atoms with Crippen LogP contribution in [0.4, 0.5) is 0 Å². The molecule has 35 heavy (non-hydrogen) atoms. The Kier molecular flexibility index (Phi) is 7.07. The average molecular weight is 493 g/mol. The summed E-state index contributed by atoms with van der Waals surface area (Å²) < 4.78 is 6.15. The van der Waals surface area contributed by atoms with Crippen LogP contribution in [0.3, 0.4) is 0 Å². The van der Waals surface area contributed by atoms with Gasteiger partial charge >= 0.3 is 0 Å². The molecule has 4 aliphatic rings. The van der Waals surface area contributed by atoms with E-state index in [4.69, 9.17) is 4.74 Å². The Balaban J connectivity index is 1.71. The smallest absolute Gasteiger partial charge is 0.0999 e. The molecule has 200 valence electrons. The van der Waals surface area contributed by atoms with E-state index in [1.54, 1.807) is 20.8 Å². The predicted octanol–water partition coefficient (Wildman–Crippen LogP) is 3.84. The van der Waals surface area contributed by atoms with Gasteiger partial charge in [0.05, 0.1) is 41.9 Å². The third kappa shape index (κ3) is 4.52. The van der Waals surface area contributed by atoms with Crippen LogP contribution in [0.1, 0.15) is 92.9 Å². The van der Waals surface area contributed by atoms with Crippen molar-refractivity contribution in [3.63, 3.8) is 0 Å². The zero-order valence-electron chi connectivity index (χ0n) is 22.5. The first kappa shape index (κ1) is 27.1. The largest absolute Gasteiger partial charge is 0.498 e. The van der Waals surface area contributed by atoms with Gasteiger partial charge in [-0.05, 0) is 113 Å². The van der Waals surface area contributed by atoms with Gasteiger partial charge in [-0.15, -0.1) is 0 Å². The molecule has 2 fully saturated rings. The molecule has 0 aromatic rings. The Morgan fingerprint density at radius 3 is 2.40 bits per heavy atom. The molecule has 6 heteroatoms. The molecule has 0 heterocycles. The Bertz CT molecular complexity index is 869. The van der Waals surface area contributed by atoms with Crippen molar-refractivity contribution in [2.24, 2.45) is 28.6 Å². The summed E-state index contributed by atoms with van der Waals surface area (Å²) in [6, 6.07) is 0. The first-order valence-corrected chi connectivity index (χ1v) is 13.7. The highest BCUT2D eigenvalue weighted by Crippen LogP contribution is 2.66. The van der Waals surface area contributed by atoms with E-state index in [1.807, 2.05) is 6.92 Å². The van der Waals surface area contributed by atoms with Crippen molar-refractivity contribution in [1.29, 1.82) is 0 Å². The maximum atomic E-state index is 11.7. The number of aliphatic hydroxyl groups excluding tert-OH is 3. The zero-order chi connectivity index (χ0) is 26.0. The highest BCUT2D eigenvalue weighted by atomic mass is 16.5. The first-order valence-electron chi connectivity index (χ1n) is 13.7. The Labute approximate surface area is 211 Å². The molecule has 0 amide bonds. The molecule has 4 aliphatic carbocycles. The van der Waals surface area contributed by atoms with Crippen molar-refractivity contribution in [3.8, 4) is 0 Å². The summed E-state index contributed by atoms with van der Waals surface area (Å²) in [5.41, 5.74) is 0.117. The first-order chi connectivity index (χ1) is 16.1. The van der Waals surface area contributed by atoms with E-state index in [2.05, 4.69) is 19.9 Å². The van der Waals surface area contributed by atoms with Gasteiger partial charge in [-0.2, -0.15) is 0 Å². The van der Waals surface area contributed by atoms with Gasteiger partial charge in [-0.25, -0.2) is 0 Å². The van der Waals surface area contributed by atoms with Crippen molar-refractivity contribution in [1.82, 2.24) is 0 Å². The molecule has 6 nitrogen and oxygen atoms in total. The number of fused-ring (bicyclic) bond motifs is 4. The highest BCUT2D eigenvalue weighted by Gasteiger charge is 2.60. The summed E-state index contributed by atoms with van der Waals surface area (Å²) in [5.74, 6) is 1.21. The fourth-order valence-corrected chi connectivity index (χ4v) is 8.32. The summed E-state index contributed by atoms with van der Waals surface area (Å²) in [6.07, 6.45) is 5.29. The molecular formula is C29H48O6. The number of hydrogen-bond acceptors (Lipinski definition) is 6. The van der Waals surface area contributed by atoms with Crippen LogP contribution in [0.15, 0.2) is 23.0 Å². The summed E-state index contributed by atoms with van der Waals surface area (Å²) in [5, 5.41) is 53.9. The third-order valence-electron chi connectivity index (χ3n) is 10.3. The van der Waals surface area contributed by atoms with Crippen LogP contribution >= 0.6 is 0 Å². The normalized spacial score (nSPS) is 41.9. The van der Waals surface area contributed by atoms with Crippen molar-refractivity contribution >= 4 is 0 Å². The van der Waals surface area contributed by atoms with Crippen molar-refractivity contribution in [3.05, 3.63) is 23.0 Å². The van der Waals surface area contributed by atoms with E-state index in [9.17, 15) is 25.5 Å². The lowest BCUT2D eigenvalue weighted by atomic mass is 9.49. The second kappa shape index (κ2) is 9.13. The summed E-state index contributed by atoms with van der Waals surface area (Å²) in [4.78, 5) is 0. The predicted molar refractivity (Wildman–Crippen MR) is 135 cm³/mol. The second-order valence-electron chi connectivity index (χ2n) is 13.2. The lowest BCUT2D eigenvalue weighted by Crippen LogP contribution is -2.54. The molecule has 0 aliphatic heterocycles. The van der Waals surface area contributed by atoms with Crippen LogP contribution in [0, 0.1) is 28.6 Å². The van der Waals surface area contributed by atoms with Gasteiger partial charge in [0.25, 0.3) is 0 Å². The van der Waals surface area contributed by atoms with Gasteiger partial charge in [-0.1, -0.05) is 19.4 Å². The number of ether oxygens (including phenoxy) is 1. The van der Waals surface area contributed by atoms with Gasteiger partial charge in [-0.3, -0.25) is 0 Å². The number of aliphatic hydroxyl groups is 5. The molecule has 0 aromatic heterocycles. The van der Waals surface area contributed by atoms with E-state index in [0.29, 0.717) is 32.3 Å². The standard InChI is InChI=1S/C29H48O6/c1-7-35-23-14-17-18-8-9-24(29(6,34)25(32)11-12-26(2,3)33)27(18,4)13-10-19(17)28(5)16-22(31)21(30)15-20(23)28/h14,19-22,24-25,30-34H,7-13,15-16H2,1-6H3/t19-,20-,21+,22-,24-,25+,27-,28+,29+/m0/s1. The maximum Gasteiger partial charge on any atom is 0.0999 e. The number of rotatable bonds is 7. The van der Waals surface area contributed by atoms with Crippen LogP contribution in [0.2, 0.25) is 0 Å². The summed E-state index contributed by atoms with van der Waals surface area (Å²) in [6.45, 7) is 12.3. The monoisotopic (exact) mass is 492 g/mol. The fourth-order valence-electron chi connectivity index (χ4n) is 8.32. The van der Waals surface area contributed by atoms with Crippen LogP contribution < -0.4 is 0 Å². The number of allylic oxidation sites excluding steroid dienone is 4. The molecule has 9 atom stereocenters. The third-order valence-corrected chi connectivity index (χ3v) is 10.3. The molecule has 0 radical (unpaired) electrons. The van der Waals surface area contributed by atoms with E-state index < -0.39 is 29.5 Å². The van der Waals surface area contributed by atoms with Crippen LogP contribution in [-0.2, 0) is 4.74 Å². The Morgan fingerprint density at radius 1 is 1.09 bits per heavy atom. The molecule has 2 saturated carbocycles. The Morgan fingerprint density at radius 2 is 1.77 bits per heavy atom. The van der Waals surface area contributed by atoms with Gasteiger partial charge < -0.3 is 30.3 Å². The molecule has 0 spiro atoms.